The van der Waals surface area contributed by atoms with Crippen LogP contribution >= 0.6 is 0 Å². The summed E-state index contributed by atoms with van der Waals surface area (Å²) in [7, 11) is 0. The number of benzene rings is 1. The van der Waals surface area contributed by atoms with Crippen LogP contribution in [0.15, 0.2) is 18.2 Å². The number of hydrogen-bond donors (Lipinski definition) is 3. The van der Waals surface area contributed by atoms with Gasteiger partial charge in [-0.15, -0.1) is 0 Å². The molecule has 0 saturated carbocycles. The minimum atomic E-state index is -0.351. The van der Waals surface area contributed by atoms with E-state index in [-0.39, 0.29) is 11.8 Å². The van der Waals surface area contributed by atoms with E-state index in [0.717, 1.165) is 0 Å². The predicted molar refractivity (Wildman–Crippen MR) is 55.3 cm³/mol. The molecule has 1 aromatic carbocycles. The Labute approximate surface area is 83.5 Å². The lowest BCUT2D eigenvalue weighted by Gasteiger charge is -2.13. The van der Waals surface area contributed by atoms with Crippen molar-refractivity contribution in [2.45, 2.75) is 13.0 Å². The summed E-state index contributed by atoms with van der Waals surface area (Å²) in [5, 5.41) is 9.76. The zero-order valence-electron chi connectivity index (χ0n) is 8.23. The van der Waals surface area contributed by atoms with Crippen molar-refractivity contribution in [3.05, 3.63) is 23.8 Å². The number of phenols is 1. The van der Waals surface area contributed by atoms with E-state index in [0.29, 0.717) is 24.5 Å². The van der Waals surface area contributed by atoms with Gasteiger partial charge >= 0.3 is 0 Å². The first kappa shape index (κ1) is 10.8. The molecule has 0 bridgehead atoms. The first-order chi connectivity index (χ1) is 6.70. The zero-order chi connectivity index (χ0) is 10.6. The molecule has 0 fully saturated rings. The molecule has 0 aromatic heterocycles. The lowest BCUT2D eigenvalue weighted by molar-refractivity contribution is 0.316. The second-order valence-electron chi connectivity index (χ2n) is 2.97. The van der Waals surface area contributed by atoms with Crippen LogP contribution in [0.25, 0.3) is 0 Å². The number of rotatable bonds is 4. The van der Waals surface area contributed by atoms with Crippen molar-refractivity contribution in [2.24, 2.45) is 11.5 Å². The molecule has 0 aliphatic heterocycles. The first-order valence-corrected chi connectivity index (χ1v) is 4.61. The molecule has 5 N–H and O–H groups in total. The molecular weight excluding hydrogens is 180 g/mol. The Morgan fingerprint density at radius 1 is 1.50 bits per heavy atom. The molecule has 0 aliphatic carbocycles. The van der Waals surface area contributed by atoms with Crippen LogP contribution in [0, 0.1) is 0 Å². The topological polar surface area (TPSA) is 81.5 Å². The third-order valence-corrected chi connectivity index (χ3v) is 1.98. The Morgan fingerprint density at radius 2 is 2.21 bits per heavy atom. The van der Waals surface area contributed by atoms with Crippen LogP contribution in [0.1, 0.15) is 18.5 Å². The van der Waals surface area contributed by atoms with E-state index in [2.05, 4.69) is 0 Å². The molecule has 0 amide bonds. The normalized spacial score (nSPS) is 12.5. The highest BCUT2D eigenvalue weighted by molar-refractivity contribution is 5.46. The van der Waals surface area contributed by atoms with Gasteiger partial charge in [-0.2, -0.15) is 0 Å². The summed E-state index contributed by atoms with van der Waals surface area (Å²) in [5.41, 5.74) is 11.8. The third-order valence-electron chi connectivity index (χ3n) is 1.98. The first-order valence-electron chi connectivity index (χ1n) is 4.61. The van der Waals surface area contributed by atoms with Crippen LogP contribution in [0.5, 0.6) is 11.5 Å². The van der Waals surface area contributed by atoms with Gasteiger partial charge in [-0.05, 0) is 13.0 Å². The fourth-order valence-corrected chi connectivity index (χ4v) is 1.24. The molecule has 78 valence electrons. The van der Waals surface area contributed by atoms with Gasteiger partial charge in [0.15, 0.2) is 11.5 Å². The van der Waals surface area contributed by atoms with Crippen LogP contribution in [-0.2, 0) is 0 Å². The summed E-state index contributed by atoms with van der Waals surface area (Å²) in [6, 6.07) is 4.88. The maximum absolute atomic E-state index is 9.76. The maximum atomic E-state index is 9.76. The SMILES string of the molecule is CCOc1cccc([C@H](N)CN)c1O. The fourth-order valence-electron chi connectivity index (χ4n) is 1.24. The molecule has 0 unspecified atom stereocenters. The van der Waals surface area contributed by atoms with Gasteiger partial charge in [0.05, 0.1) is 6.61 Å². The average molecular weight is 196 g/mol. The number of aromatic hydroxyl groups is 1. The molecule has 0 saturated heterocycles. The Kier molecular flexibility index (Phi) is 3.73. The van der Waals surface area contributed by atoms with Crippen molar-refractivity contribution in [2.75, 3.05) is 13.2 Å². The van der Waals surface area contributed by atoms with Gasteiger partial charge < -0.3 is 21.3 Å². The van der Waals surface area contributed by atoms with E-state index in [1.807, 2.05) is 6.92 Å². The molecular formula is C10H16N2O2. The molecule has 0 spiro atoms. The Bertz CT molecular complexity index is 302. The fraction of sp³-hybridized carbons (Fsp3) is 0.400. The standard InChI is InChI=1S/C10H16N2O2/c1-2-14-9-5-3-4-7(10(9)13)8(12)6-11/h3-5,8,13H,2,6,11-12H2,1H3/t8-/m1/s1. The van der Waals surface area contributed by atoms with E-state index in [1.165, 1.54) is 0 Å². The highest BCUT2D eigenvalue weighted by Crippen LogP contribution is 2.32. The summed E-state index contributed by atoms with van der Waals surface area (Å²) < 4.78 is 5.23. The second-order valence-corrected chi connectivity index (χ2v) is 2.97. The molecule has 0 radical (unpaired) electrons. The van der Waals surface area contributed by atoms with Crippen molar-refractivity contribution in [1.82, 2.24) is 0 Å². The van der Waals surface area contributed by atoms with Crippen LogP contribution in [0.2, 0.25) is 0 Å². The van der Waals surface area contributed by atoms with Gasteiger partial charge in [-0.25, -0.2) is 0 Å². The van der Waals surface area contributed by atoms with Crippen molar-refractivity contribution >= 4 is 0 Å². The van der Waals surface area contributed by atoms with Crippen molar-refractivity contribution < 1.29 is 9.84 Å². The lowest BCUT2D eigenvalue weighted by Crippen LogP contribution is -2.20. The highest BCUT2D eigenvalue weighted by atomic mass is 16.5. The molecule has 1 rings (SSSR count). The number of hydrogen-bond acceptors (Lipinski definition) is 4. The van der Waals surface area contributed by atoms with Gasteiger partial charge in [0.1, 0.15) is 0 Å². The van der Waals surface area contributed by atoms with Crippen LogP contribution in [-0.4, -0.2) is 18.3 Å². The van der Waals surface area contributed by atoms with Crippen molar-refractivity contribution in [3.63, 3.8) is 0 Å². The van der Waals surface area contributed by atoms with Gasteiger partial charge in [-0.3, -0.25) is 0 Å². The predicted octanol–water partition coefficient (Wildman–Crippen LogP) is 0.749. The van der Waals surface area contributed by atoms with Gasteiger partial charge in [-0.1, -0.05) is 12.1 Å². The largest absolute Gasteiger partial charge is 0.504 e. The van der Waals surface area contributed by atoms with E-state index in [9.17, 15) is 5.11 Å². The van der Waals surface area contributed by atoms with E-state index in [1.54, 1.807) is 18.2 Å². The average Bonchev–Trinajstić information content (AvgIpc) is 2.20. The third kappa shape index (κ3) is 2.16. The number of ether oxygens (including phenoxy) is 1. The van der Waals surface area contributed by atoms with Crippen LogP contribution in [0.3, 0.4) is 0 Å². The second kappa shape index (κ2) is 4.83. The summed E-state index contributed by atoms with van der Waals surface area (Å²) in [4.78, 5) is 0. The molecule has 0 aliphatic rings. The smallest absolute Gasteiger partial charge is 0.162 e. The van der Waals surface area contributed by atoms with Crippen LogP contribution in [0.4, 0.5) is 0 Å². The quantitative estimate of drug-likeness (QED) is 0.663. The van der Waals surface area contributed by atoms with Crippen molar-refractivity contribution in [1.29, 1.82) is 0 Å². The number of para-hydroxylation sites is 1. The number of phenolic OH excluding ortho intramolecular Hbond substituents is 1. The van der Waals surface area contributed by atoms with Crippen LogP contribution < -0.4 is 16.2 Å². The van der Waals surface area contributed by atoms with E-state index < -0.39 is 0 Å². The van der Waals surface area contributed by atoms with Gasteiger partial charge in [0.2, 0.25) is 0 Å². The summed E-state index contributed by atoms with van der Waals surface area (Å²) >= 11 is 0. The Balaban J connectivity index is 3.00. The molecule has 4 heteroatoms. The monoisotopic (exact) mass is 196 g/mol. The molecule has 1 atom stereocenters. The van der Waals surface area contributed by atoms with Gasteiger partial charge in [0, 0.05) is 18.2 Å². The maximum Gasteiger partial charge on any atom is 0.162 e. The molecule has 0 heterocycles. The molecule has 1 aromatic rings. The summed E-state index contributed by atoms with van der Waals surface area (Å²) in [5.74, 6) is 0.543. The highest BCUT2D eigenvalue weighted by Gasteiger charge is 2.12. The van der Waals surface area contributed by atoms with E-state index in [4.69, 9.17) is 16.2 Å². The summed E-state index contributed by atoms with van der Waals surface area (Å²) in [6.07, 6.45) is 0. The van der Waals surface area contributed by atoms with Gasteiger partial charge in [0.25, 0.3) is 0 Å². The Hall–Kier alpha value is -1.26. The Morgan fingerprint density at radius 3 is 2.79 bits per heavy atom. The van der Waals surface area contributed by atoms with E-state index >= 15 is 0 Å². The van der Waals surface area contributed by atoms with Crippen molar-refractivity contribution in [3.8, 4) is 11.5 Å². The minimum Gasteiger partial charge on any atom is -0.504 e. The summed E-state index contributed by atoms with van der Waals surface area (Å²) in [6.45, 7) is 2.66. The lowest BCUT2D eigenvalue weighted by atomic mass is 10.1. The zero-order valence-corrected chi connectivity index (χ0v) is 8.23. The molecule has 14 heavy (non-hydrogen) atoms. The number of nitrogens with two attached hydrogens (primary N) is 2. The molecule has 4 nitrogen and oxygen atoms in total. The minimum absolute atomic E-state index is 0.0901.